The molecule has 0 radical (unpaired) electrons. The standard InChI is InChI=1S/C17H27NO3/c1-16(2,3)18-10-17(4,5)11-19-9-13-6-7-14-15(8-13)21-12-20-14/h6-8,18H,9-12H2,1-5H3. The molecule has 4 nitrogen and oxygen atoms in total. The molecule has 0 saturated carbocycles. The van der Waals surface area contributed by atoms with Gasteiger partial charge in [0.25, 0.3) is 0 Å². The molecule has 0 unspecified atom stereocenters. The minimum absolute atomic E-state index is 0.101. The zero-order valence-electron chi connectivity index (χ0n) is 13.8. The number of hydrogen-bond donors (Lipinski definition) is 1. The quantitative estimate of drug-likeness (QED) is 0.873. The van der Waals surface area contributed by atoms with Crippen molar-refractivity contribution in [2.75, 3.05) is 19.9 Å². The van der Waals surface area contributed by atoms with E-state index in [4.69, 9.17) is 14.2 Å². The summed E-state index contributed by atoms with van der Waals surface area (Å²) in [4.78, 5) is 0. The van der Waals surface area contributed by atoms with E-state index in [-0.39, 0.29) is 11.0 Å². The van der Waals surface area contributed by atoms with Crippen LogP contribution in [0.5, 0.6) is 11.5 Å². The second kappa shape index (κ2) is 6.24. The molecule has 2 rings (SSSR count). The maximum absolute atomic E-state index is 5.87. The van der Waals surface area contributed by atoms with Gasteiger partial charge in [0.1, 0.15) is 0 Å². The third-order valence-electron chi connectivity index (χ3n) is 3.30. The van der Waals surface area contributed by atoms with Gasteiger partial charge >= 0.3 is 0 Å². The van der Waals surface area contributed by atoms with Crippen molar-refractivity contribution >= 4 is 0 Å². The molecule has 0 amide bonds. The first-order valence-electron chi connectivity index (χ1n) is 7.47. The van der Waals surface area contributed by atoms with Crippen LogP contribution in [0.4, 0.5) is 0 Å². The summed E-state index contributed by atoms with van der Waals surface area (Å²) in [6.45, 7) is 13.5. The van der Waals surface area contributed by atoms with Crippen molar-refractivity contribution in [2.24, 2.45) is 5.41 Å². The maximum Gasteiger partial charge on any atom is 0.231 e. The van der Waals surface area contributed by atoms with Crippen molar-refractivity contribution < 1.29 is 14.2 Å². The number of benzene rings is 1. The van der Waals surface area contributed by atoms with Gasteiger partial charge in [0.05, 0.1) is 13.2 Å². The Hall–Kier alpha value is -1.26. The highest BCUT2D eigenvalue weighted by molar-refractivity contribution is 5.44. The smallest absolute Gasteiger partial charge is 0.231 e. The highest BCUT2D eigenvalue weighted by Crippen LogP contribution is 2.32. The van der Waals surface area contributed by atoms with E-state index >= 15 is 0 Å². The van der Waals surface area contributed by atoms with E-state index < -0.39 is 0 Å². The Morgan fingerprint density at radius 1 is 1.10 bits per heavy atom. The van der Waals surface area contributed by atoms with Crippen LogP contribution < -0.4 is 14.8 Å². The summed E-state index contributed by atoms with van der Waals surface area (Å²) in [5, 5.41) is 3.53. The lowest BCUT2D eigenvalue weighted by atomic mass is 9.93. The predicted octanol–water partition coefficient (Wildman–Crippen LogP) is 3.35. The van der Waals surface area contributed by atoms with Gasteiger partial charge in [0.2, 0.25) is 6.79 Å². The van der Waals surface area contributed by atoms with Crippen LogP contribution in [0.2, 0.25) is 0 Å². The predicted molar refractivity (Wildman–Crippen MR) is 83.8 cm³/mol. The zero-order chi connectivity index (χ0) is 15.5. The number of ether oxygens (including phenoxy) is 3. The monoisotopic (exact) mass is 293 g/mol. The Labute approximate surface area is 127 Å². The SMILES string of the molecule is CC(C)(CNC(C)(C)C)COCc1ccc2c(c1)OCO2. The summed E-state index contributed by atoms with van der Waals surface area (Å²) in [6, 6.07) is 5.95. The van der Waals surface area contributed by atoms with Crippen molar-refractivity contribution in [3.8, 4) is 11.5 Å². The second-order valence-corrected chi connectivity index (χ2v) is 7.45. The van der Waals surface area contributed by atoms with Gasteiger partial charge < -0.3 is 19.5 Å². The average molecular weight is 293 g/mol. The average Bonchev–Trinajstić information content (AvgIpc) is 2.83. The second-order valence-electron chi connectivity index (χ2n) is 7.45. The molecule has 118 valence electrons. The molecule has 1 aromatic rings. The van der Waals surface area contributed by atoms with E-state index in [2.05, 4.69) is 39.9 Å². The number of fused-ring (bicyclic) bond motifs is 1. The highest BCUT2D eigenvalue weighted by atomic mass is 16.7. The Morgan fingerprint density at radius 2 is 1.81 bits per heavy atom. The van der Waals surface area contributed by atoms with Gasteiger partial charge in [-0.3, -0.25) is 0 Å². The van der Waals surface area contributed by atoms with Gasteiger partial charge in [0, 0.05) is 17.5 Å². The fourth-order valence-electron chi connectivity index (χ4n) is 2.03. The van der Waals surface area contributed by atoms with E-state index in [1.807, 2.05) is 18.2 Å². The van der Waals surface area contributed by atoms with E-state index in [1.54, 1.807) is 0 Å². The Balaban J connectivity index is 1.78. The summed E-state index contributed by atoms with van der Waals surface area (Å²) in [7, 11) is 0. The first-order valence-corrected chi connectivity index (χ1v) is 7.47. The van der Waals surface area contributed by atoms with Crippen LogP contribution in [0.1, 0.15) is 40.2 Å². The molecule has 0 atom stereocenters. The van der Waals surface area contributed by atoms with Gasteiger partial charge in [-0.15, -0.1) is 0 Å². The largest absolute Gasteiger partial charge is 0.454 e. The van der Waals surface area contributed by atoms with E-state index in [9.17, 15) is 0 Å². The lowest BCUT2D eigenvalue weighted by Crippen LogP contribution is -2.43. The number of rotatable bonds is 6. The highest BCUT2D eigenvalue weighted by Gasteiger charge is 2.21. The Bertz CT molecular complexity index is 477. The molecule has 1 aliphatic rings. The maximum atomic E-state index is 5.87. The lowest BCUT2D eigenvalue weighted by molar-refractivity contribution is 0.0483. The summed E-state index contributed by atoms with van der Waals surface area (Å²) < 4.78 is 16.6. The van der Waals surface area contributed by atoms with E-state index in [1.165, 1.54) is 0 Å². The molecule has 1 aromatic carbocycles. The first-order chi connectivity index (χ1) is 9.75. The van der Waals surface area contributed by atoms with Crippen molar-refractivity contribution in [3.05, 3.63) is 23.8 Å². The minimum Gasteiger partial charge on any atom is -0.454 e. The molecule has 1 N–H and O–H groups in total. The van der Waals surface area contributed by atoms with Crippen LogP contribution in [0, 0.1) is 5.41 Å². The lowest BCUT2D eigenvalue weighted by Gasteiger charge is -2.30. The van der Waals surface area contributed by atoms with Gasteiger partial charge in [-0.05, 0) is 38.5 Å². The third-order valence-corrected chi connectivity index (χ3v) is 3.30. The molecular weight excluding hydrogens is 266 g/mol. The fraction of sp³-hybridized carbons (Fsp3) is 0.647. The molecule has 0 spiro atoms. The number of hydrogen-bond acceptors (Lipinski definition) is 4. The van der Waals surface area contributed by atoms with Crippen molar-refractivity contribution in [1.82, 2.24) is 5.32 Å². The molecule has 0 fully saturated rings. The molecule has 0 aliphatic carbocycles. The third kappa shape index (κ3) is 5.21. The van der Waals surface area contributed by atoms with Gasteiger partial charge in [0.15, 0.2) is 11.5 Å². The normalized spacial score (nSPS) is 14.5. The van der Waals surface area contributed by atoms with Crippen LogP contribution in [0.15, 0.2) is 18.2 Å². The molecular formula is C17H27NO3. The minimum atomic E-state index is 0.101. The molecule has 0 bridgehead atoms. The van der Waals surface area contributed by atoms with Crippen LogP contribution in [-0.2, 0) is 11.3 Å². The number of nitrogens with one attached hydrogen (secondary N) is 1. The molecule has 0 saturated heterocycles. The zero-order valence-corrected chi connectivity index (χ0v) is 13.8. The van der Waals surface area contributed by atoms with Gasteiger partial charge in [-0.2, -0.15) is 0 Å². The van der Waals surface area contributed by atoms with E-state index in [0.29, 0.717) is 20.0 Å². The first kappa shape index (κ1) is 16.1. The van der Waals surface area contributed by atoms with Crippen LogP contribution in [0.3, 0.4) is 0 Å². The van der Waals surface area contributed by atoms with Crippen molar-refractivity contribution in [2.45, 2.75) is 46.8 Å². The summed E-state index contributed by atoms with van der Waals surface area (Å²) >= 11 is 0. The van der Waals surface area contributed by atoms with Crippen molar-refractivity contribution in [3.63, 3.8) is 0 Å². The molecule has 0 aromatic heterocycles. The summed E-state index contributed by atoms with van der Waals surface area (Å²) in [5.74, 6) is 1.62. The van der Waals surface area contributed by atoms with Crippen LogP contribution >= 0.6 is 0 Å². The van der Waals surface area contributed by atoms with Gasteiger partial charge in [-0.1, -0.05) is 19.9 Å². The van der Waals surface area contributed by atoms with Gasteiger partial charge in [-0.25, -0.2) is 0 Å². The summed E-state index contributed by atoms with van der Waals surface area (Å²) in [6.07, 6.45) is 0. The van der Waals surface area contributed by atoms with Crippen LogP contribution in [-0.4, -0.2) is 25.5 Å². The molecule has 1 heterocycles. The van der Waals surface area contributed by atoms with Crippen molar-refractivity contribution in [1.29, 1.82) is 0 Å². The summed E-state index contributed by atoms with van der Waals surface area (Å²) in [5.41, 5.74) is 1.34. The molecule has 1 aliphatic heterocycles. The van der Waals surface area contributed by atoms with Crippen LogP contribution in [0.25, 0.3) is 0 Å². The topological polar surface area (TPSA) is 39.7 Å². The molecule has 21 heavy (non-hydrogen) atoms. The fourth-order valence-corrected chi connectivity index (χ4v) is 2.03. The Morgan fingerprint density at radius 3 is 2.52 bits per heavy atom. The van der Waals surface area contributed by atoms with E-state index in [0.717, 1.165) is 23.6 Å². The Kier molecular flexibility index (Phi) is 4.79. The molecule has 4 heteroatoms.